The molecule has 0 radical (unpaired) electrons. The zero-order valence-electron chi connectivity index (χ0n) is 50.8. The third-order valence-electron chi connectivity index (χ3n) is 12.8. The molecule has 0 saturated carbocycles. The standard InChI is InChI=1S/C16H13N5O3S.C16H15N5O2S.2C16H15N5OS/c22-15(18-6-10-1-2-12-13(5-10)24-9-23-12)11-7-25-16(20-11)21-14-3-4-17-8-19-14;1-23-12-4-2-3-11(7-12)8-18-15(22)13-9-24-16(20-13)21-14-5-6-17-10-19-14;2*1-11-2-4-12(5-3-11)8-18-15(22)13-9-23-16(20-13)21-14-6-7-17-10-19-14/h1-5,7-8H,6,9H2,(H,18,22)(H,17,19,20,21);2-7,9-10H,8H2,1H3,(H,18,22)(H,17,19,20,21);2*2-7,9-10H,8H2,1H3,(H,18,22)(H,17,19,20,21). The Kier molecular flexibility index (Phi) is 23.7. The van der Waals surface area contributed by atoms with Gasteiger partial charge in [0.2, 0.25) is 6.79 Å². The van der Waals surface area contributed by atoms with Crippen molar-refractivity contribution in [2.24, 2.45) is 0 Å². The van der Waals surface area contributed by atoms with Gasteiger partial charge in [0.1, 0.15) is 77.1 Å². The lowest BCUT2D eigenvalue weighted by atomic mass is 10.1. The van der Waals surface area contributed by atoms with Crippen LogP contribution in [0.1, 0.15) is 75.3 Å². The molecule has 0 aliphatic carbocycles. The summed E-state index contributed by atoms with van der Waals surface area (Å²) in [5.74, 6) is 3.82. The van der Waals surface area contributed by atoms with E-state index in [-0.39, 0.29) is 30.4 Å². The molecule has 0 spiro atoms. The Bertz CT molecular complexity index is 4280. The summed E-state index contributed by atoms with van der Waals surface area (Å²) in [6.45, 7) is 6.03. The number of hydrogen-bond acceptors (Lipinski definition) is 27. The van der Waals surface area contributed by atoms with Crippen LogP contribution in [0, 0.1) is 13.8 Å². The van der Waals surface area contributed by atoms with Crippen LogP contribution in [0.15, 0.2) is 187 Å². The summed E-state index contributed by atoms with van der Waals surface area (Å²) >= 11 is 5.37. The first-order valence-electron chi connectivity index (χ1n) is 28.6. The lowest BCUT2D eigenvalue weighted by Gasteiger charge is -2.05. The van der Waals surface area contributed by atoms with Crippen LogP contribution in [0.4, 0.5) is 43.8 Å². The monoisotopic (exact) mass is 1350 g/mol. The first-order valence-corrected chi connectivity index (χ1v) is 32.1. The second kappa shape index (κ2) is 34.0. The van der Waals surface area contributed by atoms with E-state index in [4.69, 9.17) is 14.2 Å². The van der Waals surface area contributed by atoms with Gasteiger partial charge < -0.3 is 56.7 Å². The third kappa shape index (κ3) is 20.9. The van der Waals surface area contributed by atoms with Gasteiger partial charge in [-0.1, -0.05) is 77.9 Å². The predicted molar refractivity (Wildman–Crippen MR) is 362 cm³/mol. The highest BCUT2D eigenvalue weighted by Gasteiger charge is 2.17. The quantitative estimate of drug-likeness (QED) is 0.0331. The molecule has 27 nitrogen and oxygen atoms in total. The molecule has 0 unspecified atom stereocenters. The second-order valence-electron chi connectivity index (χ2n) is 19.8. The predicted octanol–water partition coefficient (Wildman–Crippen LogP) is 10.8. The van der Waals surface area contributed by atoms with E-state index in [1.54, 1.807) is 77.7 Å². The number of ether oxygens (including phenoxy) is 3. The highest BCUT2D eigenvalue weighted by Crippen LogP contribution is 2.33. The number of aryl methyl sites for hydroxylation is 2. The minimum absolute atomic E-state index is 0.197. The van der Waals surface area contributed by atoms with Crippen molar-refractivity contribution >= 4 is 113 Å². The number of rotatable bonds is 21. The Morgan fingerprint density at radius 3 is 1.09 bits per heavy atom. The maximum absolute atomic E-state index is 12.2. The van der Waals surface area contributed by atoms with Crippen LogP contribution < -0.4 is 56.7 Å². The summed E-state index contributed by atoms with van der Waals surface area (Å²) in [4.78, 5) is 97.4. The Morgan fingerprint density at radius 2 is 0.747 bits per heavy atom. The van der Waals surface area contributed by atoms with Gasteiger partial charge in [-0.15, -0.1) is 45.3 Å². The maximum atomic E-state index is 12.2. The van der Waals surface area contributed by atoms with Crippen LogP contribution in [-0.2, 0) is 26.2 Å². The number of aromatic nitrogens is 12. The van der Waals surface area contributed by atoms with E-state index in [1.165, 1.54) is 81.8 Å². The van der Waals surface area contributed by atoms with Crippen molar-refractivity contribution in [3.63, 3.8) is 0 Å². The summed E-state index contributed by atoms with van der Waals surface area (Å²) < 4.78 is 15.8. The number of thiazole rings is 4. The molecule has 1 aliphatic rings. The van der Waals surface area contributed by atoms with Crippen LogP contribution in [0.2, 0.25) is 0 Å². The maximum Gasteiger partial charge on any atom is 0.271 e. The second-order valence-corrected chi connectivity index (χ2v) is 23.2. The van der Waals surface area contributed by atoms with Gasteiger partial charge in [0.05, 0.1) is 7.11 Å². The van der Waals surface area contributed by atoms with E-state index in [1.807, 2.05) is 105 Å². The number of anilines is 8. The number of amides is 4. The number of benzene rings is 4. The first-order chi connectivity index (χ1) is 46.4. The van der Waals surface area contributed by atoms with Crippen molar-refractivity contribution in [3.05, 3.63) is 243 Å². The van der Waals surface area contributed by atoms with Crippen molar-refractivity contribution in [1.29, 1.82) is 0 Å². The zero-order chi connectivity index (χ0) is 66.0. The number of methoxy groups -OCH3 is 1. The van der Waals surface area contributed by atoms with E-state index in [9.17, 15) is 19.2 Å². The number of hydrogen-bond donors (Lipinski definition) is 8. The Hall–Kier alpha value is -11.8. The van der Waals surface area contributed by atoms with Gasteiger partial charge in [-0.25, -0.2) is 59.8 Å². The molecule has 0 atom stereocenters. The van der Waals surface area contributed by atoms with Gasteiger partial charge in [-0.2, -0.15) is 0 Å². The van der Waals surface area contributed by atoms with Crippen molar-refractivity contribution in [2.45, 2.75) is 40.0 Å². The van der Waals surface area contributed by atoms with Gasteiger partial charge in [-0.3, -0.25) is 19.2 Å². The molecule has 12 aromatic rings. The van der Waals surface area contributed by atoms with Gasteiger partial charge in [0, 0.05) is 72.5 Å². The molecule has 0 saturated heterocycles. The van der Waals surface area contributed by atoms with E-state index in [2.05, 4.69) is 102 Å². The molecular formula is C64H58N20O7S4. The minimum atomic E-state index is -0.246. The number of carbonyl (C=O) groups excluding carboxylic acids is 4. The number of fused-ring (bicyclic) bond motifs is 1. The normalized spacial score (nSPS) is 10.7. The van der Waals surface area contributed by atoms with E-state index in [0.717, 1.165) is 33.8 Å². The lowest BCUT2D eigenvalue weighted by molar-refractivity contribution is 0.0939. The van der Waals surface area contributed by atoms with Gasteiger partial charge in [0.25, 0.3) is 23.6 Å². The van der Waals surface area contributed by atoms with Crippen LogP contribution in [0.25, 0.3) is 0 Å². The topological polar surface area (TPSA) is 347 Å². The van der Waals surface area contributed by atoms with Crippen molar-refractivity contribution in [3.8, 4) is 17.2 Å². The van der Waals surface area contributed by atoms with Gasteiger partial charge in [-0.05, 0) is 84.6 Å². The summed E-state index contributed by atoms with van der Waals surface area (Å²) in [5, 5.41) is 32.8. The average Bonchev–Trinajstić information content (AvgIpc) is 2.51. The molecule has 13 rings (SSSR count). The molecule has 9 heterocycles. The molecule has 31 heteroatoms. The van der Waals surface area contributed by atoms with E-state index in [0.29, 0.717) is 98.5 Å². The van der Waals surface area contributed by atoms with Crippen LogP contribution in [0.5, 0.6) is 17.2 Å². The molecule has 8 aromatic heterocycles. The van der Waals surface area contributed by atoms with Gasteiger partial charge >= 0.3 is 0 Å². The first kappa shape index (κ1) is 66.1. The summed E-state index contributed by atoms with van der Waals surface area (Å²) in [6.07, 6.45) is 12.3. The largest absolute Gasteiger partial charge is 0.497 e. The highest BCUT2D eigenvalue weighted by molar-refractivity contribution is 7.14. The number of nitrogens with zero attached hydrogens (tertiary/aromatic N) is 12. The molecule has 1 aliphatic heterocycles. The zero-order valence-corrected chi connectivity index (χ0v) is 54.1. The molecule has 0 fully saturated rings. The highest BCUT2D eigenvalue weighted by atomic mass is 32.1. The lowest BCUT2D eigenvalue weighted by Crippen LogP contribution is -2.23. The van der Waals surface area contributed by atoms with Crippen molar-refractivity contribution in [1.82, 2.24) is 81.1 Å². The Labute approximate surface area is 559 Å². The molecule has 4 aromatic carbocycles. The molecule has 480 valence electrons. The summed E-state index contributed by atoms with van der Waals surface area (Å²) in [6, 6.07) is 36.1. The van der Waals surface area contributed by atoms with Crippen LogP contribution >= 0.6 is 45.3 Å². The molecule has 4 amide bonds. The van der Waals surface area contributed by atoms with Crippen molar-refractivity contribution in [2.75, 3.05) is 35.2 Å². The summed E-state index contributed by atoms with van der Waals surface area (Å²) in [5.41, 5.74) is 7.86. The SMILES string of the molecule is COc1cccc(CNC(=O)c2csc(Nc3ccncn3)n2)c1.Cc1ccc(CNC(=O)c2csc(Nc3ccncn3)n2)cc1.Cc1ccc(CNC(=O)c2csc(Nc3ccncn3)n2)cc1.O=C(NCc1ccc2c(c1)OCO2)c1csc(Nc2ccncn2)n1. The number of carbonyl (C=O) groups is 4. The van der Waals surface area contributed by atoms with E-state index >= 15 is 0 Å². The molecular weight excluding hydrogens is 1290 g/mol. The fourth-order valence-corrected chi connectivity index (χ4v) is 10.8. The Morgan fingerprint density at radius 1 is 0.411 bits per heavy atom. The molecule has 95 heavy (non-hydrogen) atoms. The van der Waals surface area contributed by atoms with Crippen molar-refractivity contribution < 1.29 is 33.4 Å². The smallest absolute Gasteiger partial charge is 0.271 e. The summed E-state index contributed by atoms with van der Waals surface area (Å²) in [7, 11) is 1.61. The van der Waals surface area contributed by atoms with Gasteiger partial charge in [0.15, 0.2) is 32.0 Å². The average molecular weight is 1350 g/mol. The minimum Gasteiger partial charge on any atom is -0.497 e. The number of nitrogens with one attached hydrogen (secondary N) is 8. The molecule has 8 N–H and O–H groups in total. The van der Waals surface area contributed by atoms with E-state index < -0.39 is 0 Å². The Balaban J connectivity index is 0.000000138. The van der Waals surface area contributed by atoms with Crippen LogP contribution in [-0.4, -0.2) is 97.3 Å². The fourth-order valence-electron chi connectivity index (χ4n) is 7.98. The third-order valence-corrected chi connectivity index (χ3v) is 15.9. The molecule has 0 bridgehead atoms. The van der Waals surface area contributed by atoms with Crippen LogP contribution in [0.3, 0.4) is 0 Å². The fraction of sp³-hybridized carbons (Fsp3) is 0.125.